The molecule has 0 radical (unpaired) electrons. The van der Waals surface area contributed by atoms with Gasteiger partial charge in [-0.3, -0.25) is 0 Å². The molecule has 0 aromatic rings. The second-order valence-electron chi connectivity index (χ2n) is 2.81. The smallest absolute Gasteiger partial charge is 0.242 e. The van der Waals surface area contributed by atoms with Gasteiger partial charge in [0.2, 0.25) is 12.2 Å². The first-order valence-electron chi connectivity index (χ1n) is 4.51. The summed E-state index contributed by atoms with van der Waals surface area (Å²) in [6.45, 7) is 0. The van der Waals surface area contributed by atoms with Crippen molar-refractivity contribution >= 4 is 18.2 Å². The summed E-state index contributed by atoms with van der Waals surface area (Å²) in [6.07, 6.45) is 10.8. The highest BCUT2D eigenvalue weighted by molar-refractivity contribution is 5.84. The van der Waals surface area contributed by atoms with Gasteiger partial charge in [-0.25, -0.2) is 14.4 Å². The molecule has 76 valence electrons. The molecule has 1 aliphatic rings. The van der Waals surface area contributed by atoms with Crippen LogP contribution in [0, 0.1) is 0 Å². The van der Waals surface area contributed by atoms with Crippen LogP contribution in [0.5, 0.6) is 0 Å². The second-order valence-corrected chi connectivity index (χ2v) is 2.81. The van der Waals surface area contributed by atoms with Gasteiger partial charge >= 0.3 is 6.03 Å². The molecule has 0 aromatic heterocycles. The third-order valence-corrected chi connectivity index (χ3v) is 1.78. The molecule has 0 bridgehead atoms. The van der Waals surface area contributed by atoms with E-state index in [1.54, 1.807) is 0 Å². The van der Waals surface area contributed by atoms with Gasteiger partial charge < -0.3 is 0 Å². The fourth-order valence-electron chi connectivity index (χ4n) is 1.16. The molecule has 0 heterocycles. The van der Waals surface area contributed by atoms with Crippen LogP contribution in [0.15, 0.2) is 9.98 Å². The van der Waals surface area contributed by atoms with Crippen molar-refractivity contribution in [2.24, 2.45) is 9.98 Å². The topological polar surface area (TPSA) is 75.9 Å². The highest BCUT2D eigenvalue weighted by atomic mass is 16.2. The third-order valence-electron chi connectivity index (χ3n) is 1.78. The van der Waals surface area contributed by atoms with Gasteiger partial charge in [0, 0.05) is 0 Å². The van der Waals surface area contributed by atoms with Crippen molar-refractivity contribution < 1.29 is 14.4 Å². The van der Waals surface area contributed by atoms with E-state index >= 15 is 0 Å². The molecule has 0 aromatic carbocycles. The van der Waals surface area contributed by atoms with E-state index in [0.717, 1.165) is 12.2 Å². The molecule has 5 heteroatoms. The van der Waals surface area contributed by atoms with E-state index in [1.165, 1.54) is 38.5 Å². The van der Waals surface area contributed by atoms with Crippen molar-refractivity contribution in [1.82, 2.24) is 0 Å². The molecular weight excluding hydrogens is 184 g/mol. The van der Waals surface area contributed by atoms with E-state index in [2.05, 4.69) is 9.98 Å². The average Bonchev–Trinajstić information content (AvgIpc) is 2.22. The molecule has 1 aliphatic carbocycles. The van der Waals surface area contributed by atoms with Crippen LogP contribution in [0.2, 0.25) is 0 Å². The summed E-state index contributed by atoms with van der Waals surface area (Å²) in [5, 5.41) is 0. The van der Waals surface area contributed by atoms with E-state index < -0.39 is 6.03 Å². The predicted molar refractivity (Wildman–Crippen MR) is 49.3 cm³/mol. The molecular formula is C9H12N2O3. The number of hydrogen-bond donors (Lipinski definition) is 0. The summed E-state index contributed by atoms with van der Waals surface area (Å²) in [7, 11) is 0. The van der Waals surface area contributed by atoms with Crippen molar-refractivity contribution in [2.45, 2.75) is 38.5 Å². The first-order valence-corrected chi connectivity index (χ1v) is 4.51. The van der Waals surface area contributed by atoms with E-state index in [1.807, 2.05) is 0 Å². The zero-order valence-corrected chi connectivity index (χ0v) is 7.86. The zero-order valence-electron chi connectivity index (χ0n) is 7.86. The lowest BCUT2D eigenvalue weighted by atomic mass is 10.0. The molecule has 0 aliphatic heterocycles. The van der Waals surface area contributed by atoms with Gasteiger partial charge in [0.05, 0.1) is 0 Å². The maximum absolute atomic E-state index is 9.78. The molecule has 14 heavy (non-hydrogen) atoms. The Morgan fingerprint density at radius 3 is 1.29 bits per heavy atom. The fourth-order valence-corrected chi connectivity index (χ4v) is 1.16. The van der Waals surface area contributed by atoms with E-state index in [-0.39, 0.29) is 0 Å². The number of aliphatic imine (C=N–C) groups is 2. The average molecular weight is 196 g/mol. The van der Waals surface area contributed by atoms with Crippen molar-refractivity contribution in [2.75, 3.05) is 0 Å². The van der Waals surface area contributed by atoms with Gasteiger partial charge in [0.1, 0.15) is 0 Å². The predicted octanol–water partition coefficient (Wildman–Crippen LogP) is 2.12. The Morgan fingerprint density at radius 1 is 0.786 bits per heavy atom. The van der Waals surface area contributed by atoms with Gasteiger partial charge in [0.25, 0.3) is 0 Å². The number of amides is 2. The molecule has 1 fully saturated rings. The Hall–Kier alpha value is -1.57. The SMILES string of the molecule is C1CCCCC1.O=C=NC(=O)N=C=O. The zero-order chi connectivity index (χ0) is 10.6. The Labute approximate surface area is 81.9 Å². The molecule has 2 amide bonds. The summed E-state index contributed by atoms with van der Waals surface area (Å²) in [4.78, 5) is 33.0. The van der Waals surface area contributed by atoms with Gasteiger partial charge in [-0.05, 0) is 0 Å². The quantitative estimate of drug-likeness (QED) is 0.439. The second kappa shape index (κ2) is 9.52. The number of carbonyl (C=O) groups is 1. The normalized spacial score (nSPS) is 13.7. The van der Waals surface area contributed by atoms with E-state index in [4.69, 9.17) is 0 Å². The summed E-state index contributed by atoms with van der Waals surface area (Å²) in [6, 6.07) is -1.19. The van der Waals surface area contributed by atoms with Gasteiger partial charge in [-0.15, -0.1) is 9.98 Å². The minimum atomic E-state index is -1.19. The van der Waals surface area contributed by atoms with Crippen LogP contribution in [-0.4, -0.2) is 18.2 Å². The maximum atomic E-state index is 9.78. The summed E-state index contributed by atoms with van der Waals surface area (Å²) >= 11 is 0. The minimum Gasteiger partial charge on any atom is -0.242 e. The van der Waals surface area contributed by atoms with Gasteiger partial charge in [-0.1, -0.05) is 38.5 Å². The molecule has 0 atom stereocenters. The van der Waals surface area contributed by atoms with Gasteiger partial charge in [0.15, 0.2) is 0 Å². The monoisotopic (exact) mass is 196 g/mol. The molecule has 1 rings (SSSR count). The first-order chi connectivity index (χ1) is 6.81. The van der Waals surface area contributed by atoms with Crippen LogP contribution < -0.4 is 0 Å². The number of carbonyl (C=O) groups excluding carboxylic acids is 3. The van der Waals surface area contributed by atoms with Crippen molar-refractivity contribution in [1.29, 1.82) is 0 Å². The van der Waals surface area contributed by atoms with Crippen LogP contribution in [0.25, 0.3) is 0 Å². The van der Waals surface area contributed by atoms with Crippen LogP contribution >= 0.6 is 0 Å². The Bertz CT molecular complexity index is 228. The summed E-state index contributed by atoms with van der Waals surface area (Å²) in [5.74, 6) is 0. The van der Waals surface area contributed by atoms with Crippen molar-refractivity contribution in [3.63, 3.8) is 0 Å². The first kappa shape index (κ1) is 12.4. The molecule has 1 saturated carbocycles. The number of isocyanates is 2. The molecule has 0 spiro atoms. The Kier molecular flexibility index (Phi) is 8.45. The van der Waals surface area contributed by atoms with Crippen LogP contribution in [0.3, 0.4) is 0 Å². The van der Waals surface area contributed by atoms with Crippen LogP contribution in [-0.2, 0) is 9.59 Å². The maximum Gasteiger partial charge on any atom is 0.388 e. The highest BCUT2D eigenvalue weighted by Gasteiger charge is 1.95. The van der Waals surface area contributed by atoms with Crippen molar-refractivity contribution in [3.8, 4) is 0 Å². The summed E-state index contributed by atoms with van der Waals surface area (Å²) in [5.41, 5.74) is 0. The molecule has 0 saturated heterocycles. The number of rotatable bonds is 0. The fraction of sp³-hybridized carbons (Fsp3) is 0.667. The number of urea groups is 1. The minimum absolute atomic E-state index is 0.905. The highest BCUT2D eigenvalue weighted by Crippen LogP contribution is 2.15. The van der Waals surface area contributed by atoms with E-state index in [9.17, 15) is 14.4 Å². The number of hydrogen-bond acceptors (Lipinski definition) is 3. The lowest BCUT2D eigenvalue weighted by molar-refractivity contribution is 0.257. The van der Waals surface area contributed by atoms with Crippen LogP contribution in [0.4, 0.5) is 4.79 Å². The standard InChI is InChI=1S/C6H12.C3N2O3/c1-2-4-6-5-3-1;6-1-4-3(8)5-2-7/h1-6H2;. The number of nitrogens with zero attached hydrogens (tertiary/aromatic N) is 2. The van der Waals surface area contributed by atoms with E-state index in [0.29, 0.717) is 0 Å². The Balaban J connectivity index is 0.000000249. The molecule has 0 N–H and O–H groups in total. The summed E-state index contributed by atoms with van der Waals surface area (Å²) < 4.78 is 0. The van der Waals surface area contributed by atoms with Crippen molar-refractivity contribution in [3.05, 3.63) is 0 Å². The lowest BCUT2D eigenvalue weighted by Gasteiger charge is -2.05. The lowest BCUT2D eigenvalue weighted by Crippen LogP contribution is -1.85. The molecule has 5 nitrogen and oxygen atoms in total. The van der Waals surface area contributed by atoms with Gasteiger partial charge in [-0.2, -0.15) is 0 Å². The molecule has 0 unspecified atom stereocenters. The third kappa shape index (κ3) is 8.53. The van der Waals surface area contributed by atoms with Crippen LogP contribution in [0.1, 0.15) is 38.5 Å². The largest absolute Gasteiger partial charge is 0.388 e. The Morgan fingerprint density at radius 2 is 1.07 bits per heavy atom.